The van der Waals surface area contributed by atoms with Crippen molar-refractivity contribution >= 4 is 17.1 Å². The molecule has 0 fully saturated rings. The summed E-state index contributed by atoms with van der Waals surface area (Å²) in [5, 5.41) is 0. The molecule has 2 aromatic heterocycles. The summed E-state index contributed by atoms with van der Waals surface area (Å²) >= 11 is 0. The van der Waals surface area contributed by atoms with Gasteiger partial charge in [0.1, 0.15) is 5.69 Å². The highest BCUT2D eigenvalue weighted by molar-refractivity contribution is 5.86. The van der Waals surface area contributed by atoms with Gasteiger partial charge in [-0.25, -0.2) is 19.9 Å². The van der Waals surface area contributed by atoms with Gasteiger partial charge in [0.05, 0.1) is 17.1 Å². The van der Waals surface area contributed by atoms with Gasteiger partial charge in [0.25, 0.3) is 0 Å². The van der Waals surface area contributed by atoms with E-state index in [1.165, 1.54) is 0 Å². The molecular formula is C38H25N5O. The van der Waals surface area contributed by atoms with Crippen molar-refractivity contribution in [2.24, 2.45) is 0 Å². The van der Waals surface area contributed by atoms with Gasteiger partial charge in [-0.05, 0) is 60.7 Å². The van der Waals surface area contributed by atoms with E-state index >= 15 is 0 Å². The molecule has 0 aliphatic carbocycles. The first-order valence-electron chi connectivity index (χ1n) is 14.4. The van der Waals surface area contributed by atoms with Gasteiger partial charge < -0.3 is 9.64 Å². The van der Waals surface area contributed by atoms with Gasteiger partial charge in [-0.1, -0.05) is 91.0 Å². The summed E-state index contributed by atoms with van der Waals surface area (Å²) in [5.41, 5.74) is 7.35. The van der Waals surface area contributed by atoms with E-state index < -0.39 is 0 Å². The number of anilines is 3. The monoisotopic (exact) mass is 567 g/mol. The predicted octanol–water partition coefficient (Wildman–Crippen LogP) is 9.51. The number of hydrogen-bond donors (Lipinski definition) is 0. The van der Waals surface area contributed by atoms with E-state index in [9.17, 15) is 0 Å². The summed E-state index contributed by atoms with van der Waals surface area (Å²) in [4.78, 5) is 21.9. The zero-order valence-corrected chi connectivity index (χ0v) is 23.6. The third-order valence-electron chi connectivity index (χ3n) is 7.53. The minimum absolute atomic E-state index is 0.520. The summed E-state index contributed by atoms with van der Waals surface area (Å²) in [7, 11) is 0. The fourth-order valence-corrected chi connectivity index (χ4v) is 5.41. The van der Waals surface area contributed by atoms with Crippen LogP contribution in [0.3, 0.4) is 0 Å². The molecule has 7 aromatic rings. The zero-order chi connectivity index (χ0) is 29.3. The summed E-state index contributed by atoms with van der Waals surface area (Å²) in [6.45, 7) is 0. The lowest BCUT2D eigenvalue weighted by atomic mass is 10.1. The van der Waals surface area contributed by atoms with Gasteiger partial charge in [0.2, 0.25) is 0 Å². The second-order valence-electron chi connectivity index (χ2n) is 10.4. The van der Waals surface area contributed by atoms with Gasteiger partial charge in [-0.15, -0.1) is 0 Å². The number of fused-ring (bicyclic) bond motifs is 2. The number of rotatable bonds is 5. The van der Waals surface area contributed by atoms with Crippen LogP contribution in [0.5, 0.6) is 11.5 Å². The quantitative estimate of drug-likeness (QED) is 0.206. The molecule has 1 aliphatic heterocycles. The van der Waals surface area contributed by atoms with Crippen molar-refractivity contribution in [1.82, 2.24) is 19.9 Å². The Hall–Kier alpha value is -6.14. The lowest BCUT2D eigenvalue weighted by Gasteiger charge is -2.32. The van der Waals surface area contributed by atoms with Crippen LogP contribution in [0.25, 0.3) is 45.6 Å². The molecule has 3 heterocycles. The van der Waals surface area contributed by atoms with Crippen molar-refractivity contribution in [3.8, 4) is 57.1 Å². The molecule has 0 saturated heterocycles. The molecule has 208 valence electrons. The molecule has 0 N–H and O–H groups in total. The third kappa shape index (κ3) is 4.74. The zero-order valence-electron chi connectivity index (χ0n) is 23.6. The minimum atomic E-state index is 0.520. The Labute approximate surface area is 255 Å². The molecule has 0 amide bonds. The Balaban J connectivity index is 1.22. The molecule has 8 rings (SSSR count). The van der Waals surface area contributed by atoms with E-state index in [0.717, 1.165) is 50.9 Å². The van der Waals surface area contributed by atoms with E-state index in [2.05, 4.69) is 41.3 Å². The van der Waals surface area contributed by atoms with Crippen LogP contribution in [0, 0.1) is 0 Å². The van der Waals surface area contributed by atoms with Crippen LogP contribution in [0.15, 0.2) is 152 Å². The summed E-state index contributed by atoms with van der Waals surface area (Å²) in [6, 6.07) is 50.4. The Morgan fingerprint density at radius 2 is 0.864 bits per heavy atom. The lowest BCUT2D eigenvalue weighted by Crippen LogP contribution is -2.15. The normalized spacial score (nSPS) is 11.8. The first-order chi connectivity index (χ1) is 21.8. The van der Waals surface area contributed by atoms with Crippen LogP contribution in [-0.2, 0) is 0 Å². The summed E-state index contributed by atoms with van der Waals surface area (Å²) in [6.07, 6.45) is 0. The Kier molecular flexibility index (Phi) is 6.35. The van der Waals surface area contributed by atoms with Gasteiger partial charge in [0, 0.05) is 22.4 Å². The van der Waals surface area contributed by atoms with E-state index in [-0.39, 0.29) is 0 Å². The average molecular weight is 568 g/mol. The van der Waals surface area contributed by atoms with Crippen molar-refractivity contribution in [2.45, 2.75) is 0 Å². The van der Waals surface area contributed by atoms with Crippen molar-refractivity contribution in [1.29, 1.82) is 0 Å². The van der Waals surface area contributed by atoms with Crippen LogP contribution < -0.4 is 9.64 Å². The van der Waals surface area contributed by atoms with Crippen molar-refractivity contribution in [3.05, 3.63) is 152 Å². The summed E-state index contributed by atoms with van der Waals surface area (Å²) < 4.78 is 6.19. The molecular weight excluding hydrogens is 542 g/mol. The number of pyridine rings is 1. The highest BCUT2D eigenvalue weighted by atomic mass is 16.5. The van der Waals surface area contributed by atoms with Crippen LogP contribution in [0.2, 0.25) is 0 Å². The van der Waals surface area contributed by atoms with Gasteiger partial charge >= 0.3 is 0 Å². The Morgan fingerprint density at radius 3 is 1.50 bits per heavy atom. The van der Waals surface area contributed by atoms with Crippen LogP contribution in [0.4, 0.5) is 17.1 Å². The fraction of sp³-hybridized carbons (Fsp3) is 0. The molecule has 6 nitrogen and oxygen atoms in total. The molecule has 1 aliphatic rings. The highest BCUT2D eigenvalue weighted by Gasteiger charge is 2.25. The second-order valence-corrected chi connectivity index (χ2v) is 10.4. The van der Waals surface area contributed by atoms with Crippen molar-refractivity contribution in [2.75, 3.05) is 4.90 Å². The largest absolute Gasteiger partial charge is 0.453 e. The number of aromatic nitrogens is 4. The molecule has 0 atom stereocenters. The van der Waals surface area contributed by atoms with Gasteiger partial charge in [-0.2, -0.15) is 0 Å². The molecule has 5 aromatic carbocycles. The number of hydrogen-bond acceptors (Lipinski definition) is 6. The number of ether oxygens (including phenoxy) is 1. The molecule has 0 bridgehead atoms. The number of benzene rings is 5. The fourth-order valence-electron chi connectivity index (χ4n) is 5.41. The maximum atomic E-state index is 6.19. The average Bonchev–Trinajstić information content (AvgIpc) is 3.11. The van der Waals surface area contributed by atoms with Gasteiger partial charge in [0.15, 0.2) is 29.0 Å². The molecule has 0 spiro atoms. The second kappa shape index (κ2) is 10.9. The van der Waals surface area contributed by atoms with E-state index in [1.807, 2.05) is 115 Å². The molecule has 0 unspecified atom stereocenters. The van der Waals surface area contributed by atoms with Gasteiger partial charge in [-0.3, -0.25) is 0 Å². The number of nitrogens with zero attached hydrogens (tertiary/aromatic N) is 5. The number of para-hydroxylation sites is 4. The van der Waals surface area contributed by atoms with Crippen LogP contribution in [0.1, 0.15) is 0 Å². The van der Waals surface area contributed by atoms with Crippen molar-refractivity contribution in [3.63, 3.8) is 0 Å². The first kappa shape index (κ1) is 25.6. The Bertz CT molecular complexity index is 2050. The smallest absolute Gasteiger partial charge is 0.182 e. The Morgan fingerprint density at radius 1 is 0.364 bits per heavy atom. The lowest BCUT2D eigenvalue weighted by molar-refractivity contribution is 0.477. The molecule has 0 saturated carbocycles. The van der Waals surface area contributed by atoms with Crippen LogP contribution >= 0.6 is 0 Å². The maximum Gasteiger partial charge on any atom is 0.182 e. The minimum Gasteiger partial charge on any atom is -0.453 e. The van der Waals surface area contributed by atoms with E-state index in [4.69, 9.17) is 24.7 Å². The highest BCUT2D eigenvalue weighted by Crippen LogP contribution is 2.50. The maximum absolute atomic E-state index is 6.19. The topological polar surface area (TPSA) is 64.0 Å². The molecule has 44 heavy (non-hydrogen) atoms. The van der Waals surface area contributed by atoms with E-state index in [1.54, 1.807) is 0 Å². The standard InChI is InChI=1S/C38H25N5O/c1-3-12-26(13-4-1)30-16-11-17-31(39-30)38-41-36(27-14-5-2-6-15-27)40-37(42-38)28-22-24-29(25-23-28)43-32-18-7-9-20-34(32)44-35-21-10-8-19-33(35)43/h1-25H. The molecule has 0 radical (unpaired) electrons. The van der Waals surface area contributed by atoms with Crippen molar-refractivity contribution < 1.29 is 4.74 Å². The predicted molar refractivity (Wildman–Crippen MR) is 174 cm³/mol. The molecule has 6 heteroatoms. The summed E-state index contributed by atoms with van der Waals surface area (Å²) in [5.74, 6) is 3.32. The SMILES string of the molecule is c1ccc(-c2cccc(-c3nc(-c4ccccc4)nc(-c4ccc(N5c6ccccc6Oc6ccccc65)cc4)n3)n2)cc1. The third-order valence-corrected chi connectivity index (χ3v) is 7.53. The van der Waals surface area contributed by atoms with Crippen LogP contribution in [-0.4, -0.2) is 19.9 Å². The van der Waals surface area contributed by atoms with E-state index in [0.29, 0.717) is 23.2 Å². The first-order valence-corrected chi connectivity index (χ1v) is 14.4.